The Morgan fingerprint density at radius 3 is 2.86 bits per heavy atom. The van der Waals surface area contributed by atoms with Gasteiger partial charge < -0.3 is 11.1 Å². The van der Waals surface area contributed by atoms with Crippen LogP contribution in [0.1, 0.15) is 37.7 Å². The molecule has 114 valence electrons. The highest BCUT2D eigenvalue weighted by atomic mass is 79.9. The van der Waals surface area contributed by atoms with Gasteiger partial charge in [0.1, 0.15) is 0 Å². The van der Waals surface area contributed by atoms with Crippen molar-refractivity contribution >= 4 is 21.8 Å². The number of hydrogen-bond donors (Lipinski definition) is 2. The van der Waals surface area contributed by atoms with Gasteiger partial charge in [-0.3, -0.25) is 4.79 Å². The first-order chi connectivity index (χ1) is 10.1. The van der Waals surface area contributed by atoms with Crippen LogP contribution in [0.2, 0.25) is 0 Å². The molecule has 3 N–H and O–H groups in total. The molecule has 0 aromatic heterocycles. The standard InChI is InChI=1S/C17H23BrN2O/c18-14-5-2-4-13(9-14)17(7-8-17)11-20-16(21)15-6-1-3-12(15)10-19/h2,4-5,9,12,15H,1,3,6-8,10-11,19H2,(H,20,21)/t12-,15-/m1/s1. The Kier molecular flexibility index (Phi) is 4.36. The zero-order chi connectivity index (χ0) is 14.9. The first kappa shape index (κ1) is 15.0. The molecule has 21 heavy (non-hydrogen) atoms. The van der Waals surface area contributed by atoms with Crippen molar-refractivity contribution in [2.75, 3.05) is 13.1 Å². The number of nitrogens with two attached hydrogens (primary N) is 1. The monoisotopic (exact) mass is 350 g/mol. The molecule has 2 atom stereocenters. The van der Waals surface area contributed by atoms with E-state index in [1.807, 2.05) is 6.07 Å². The van der Waals surface area contributed by atoms with Gasteiger partial charge in [-0.2, -0.15) is 0 Å². The molecule has 4 heteroatoms. The summed E-state index contributed by atoms with van der Waals surface area (Å²) in [6, 6.07) is 8.46. The first-order valence-electron chi connectivity index (χ1n) is 7.88. The molecule has 0 spiro atoms. The zero-order valence-corrected chi connectivity index (χ0v) is 13.9. The molecule has 0 heterocycles. The predicted molar refractivity (Wildman–Crippen MR) is 87.9 cm³/mol. The molecular weight excluding hydrogens is 328 g/mol. The number of halogens is 1. The molecule has 2 aliphatic carbocycles. The molecule has 0 unspecified atom stereocenters. The number of rotatable bonds is 5. The summed E-state index contributed by atoms with van der Waals surface area (Å²) >= 11 is 3.53. The number of amides is 1. The second kappa shape index (κ2) is 6.09. The Bertz CT molecular complexity index is 527. The van der Waals surface area contributed by atoms with Crippen molar-refractivity contribution in [3.63, 3.8) is 0 Å². The van der Waals surface area contributed by atoms with Crippen molar-refractivity contribution in [2.45, 2.75) is 37.5 Å². The fourth-order valence-corrected chi connectivity index (χ4v) is 3.99. The van der Waals surface area contributed by atoms with E-state index in [1.54, 1.807) is 0 Å². The zero-order valence-electron chi connectivity index (χ0n) is 12.3. The quantitative estimate of drug-likeness (QED) is 0.857. The molecule has 1 aromatic rings. The molecule has 2 aliphatic rings. The van der Waals surface area contributed by atoms with Crippen LogP contribution in [-0.4, -0.2) is 19.0 Å². The second-order valence-corrected chi connectivity index (χ2v) is 7.46. The van der Waals surface area contributed by atoms with E-state index < -0.39 is 0 Å². The molecule has 0 saturated heterocycles. The van der Waals surface area contributed by atoms with Crippen molar-refractivity contribution in [3.05, 3.63) is 34.3 Å². The molecule has 1 amide bonds. The highest BCUT2D eigenvalue weighted by molar-refractivity contribution is 9.10. The lowest BCUT2D eigenvalue weighted by atomic mass is 9.93. The minimum atomic E-state index is 0.133. The molecule has 0 radical (unpaired) electrons. The van der Waals surface area contributed by atoms with E-state index in [0.717, 1.165) is 43.1 Å². The summed E-state index contributed by atoms with van der Waals surface area (Å²) in [4.78, 5) is 12.4. The van der Waals surface area contributed by atoms with Gasteiger partial charge >= 0.3 is 0 Å². The van der Waals surface area contributed by atoms with Crippen LogP contribution in [-0.2, 0) is 10.2 Å². The summed E-state index contributed by atoms with van der Waals surface area (Å²) in [6.45, 7) is 1.39. The minimum absolute atomic E-state index is 0.133. The van der Waals surface area contributed by atoms with E-state index in [1.165, 1.54) is 5.56 Å². The number of carbonyl (C=O) groups excluding carboxylic acids is 1. The number of benzene rings is 1. The van der Waals surface area contributed by atoms with E-state index in [2.05, 4.69) is 39.4 Å². The fraction of sp³-hybridized carbons (Fsp3) is 0.588. The summed E-state index contributed by atoms with van der Waals surface area (Å²) in [7, 11) is 0. The largest absolute Gasteiger partial charge is 0.355 e. The Morgan fingerprint density at radius 1 is 1.38 bits per heavy atom. The van der Waals surface area contributed by atoms with Gasteiger partial charge in [0, 0.05) is 22.4 Å². The van der Waals surface area contributed by atoms with Crippen molar-refractivity contribution in [2.24, 2.45) is 17.6 Å². The van der Waals surface area contributed by atoms with E-state index in [0.29, 0.717) is 12.5 Å². The number of hydrogen-bond acceptors (Lipinski definition) is 2. The summed E-state index contributed by atoms with van der Waals surface area (Å²) in [5, 5.41) is 3.20. The van der Waals surface area contributed by atoms with Crippen LogP contribution in [0.15, 0.2) is 28.7 Å². The Balaban J connectivity index is 1.61. The van der Waals surface area contributed by atoms with Crippen LogP contribution in [0.4, 0.5) is 0 Å². The first-order valence-corrected chi connectivity index (χ1v) is 8.68. The van der Waals surface area contributed by atoms with Gasteiger partial charge in [0.05, 0.1) is 0 Å². The minimum Gasteiger partial charge on any atom is -0.355 e. The molecule has 2 saturated carbocycles. The van der Waals surface area contributed by atoms with Crippen LogP contribution >= 0.6 is 15.9 Å². The van der Waals surface area contributed by atoms with Crippen molar-refractivity contribution in [1.29, 1.82) is 0 Å². The molecule has 2 fully saturated rings. The molecule has 1 aromatic carbocycles. The fourth-order valence-electron chi connectivity index (χ4n) is 3.59. The average Bonchev–Trinajstić information content (AvgIpc) is 3.13. The normalized spacial score (nSPS) is 26.6. The lowest BCUT2D eigenvalue weighted by molar-refractivity contribution is -0.126. The maximum Gasteiger partial charge on any atom is 0.223 e. The Labute approximate surface area is 134 Å². The van der Waals surface area contributed by atoms with Gasteiger partial charge in [-0.05, 0) is 55.8 Å². The summed E-state index contributed by atoms with van der Waals surface area (Å²) in [5.41, 5.74) is 7.27. The van der Waals surface area contributed by atoms with Crippen LogP contribution in [0.3, 0.4) is 0 Å². The van der Waals surface area contributed by atoms with Gasteiger partial charge in [-0.1, -0.05) is 34.5 Å². The van der Waals surface area contributed by atoms with Gasteiger partial charge in [0.25, 0.3) is 0 Å². The van der Waals surface area contributed by atoms with Crippen LogP contribution in [0.25, 0.3) is 0 Å². The van der Waals surface area contributed by atoms with Gasteiger partial charge in [0.2, 0.25) is 5.91 Å². The highest BCUT2D eigenvalue weighted by Gasteiger charge is 2.45. The summed E-state index contributed by atoms with van der Waals surface area (Å²) in [6.07, 6.45) is 5.56. The van der Waals surface area contributed by atoms with Crippen molar-refractivity contribution < 1.29 is 4.79 Å². The van der Waals surface area contributed by atoms with E-state index in [9.17, 15) is 4.79 Å². The maximum absolute atomic E-state index is 12.4. The Morgan fingerprint density at radius 2 is 2.19 bits per heavy atom. The second-order valence-electron chi connectivity index (χ2n) is 6.54. The molecule has 3 rings (SSSR count). The van der Waals surface area contributed by atoms with Crippen LogP contribution in [0.5, 0.6) is 0 Å². The van der Waals surface area contributed by atoms with Gasteiger partial charge in [-0.15, -0.1) is 0 Å². The lowest BCUT2D eigenvalue weighted by Gasteiger charge is -2.21. The van der Waals surface area contributed by atoms with Crippen LogP contribution < -0.4 is 11.1 Å². The summed E-state index contributed by atoms with van der Waals surface area (Å²) in [5.74, 6) is 0.726. The Hall–Kier alpha value is -0.870. The SMILES string of the molecule is NC[C@H]1CCC[C@H]1C(=O)NCC1(c2cccc(Br)c2)CC1. The molecule has 0 bridgehead atoms. The third-order valence-electron chi connectivity index (χ3n) is 5.19. The third-order valence-corrected chi connectivity index (χ3v) is 5.68. The van der Waals surface area contributed by atoms with E-state index in [4.69, 9.17) is 5.73 Å². The predicted octanol–water partition coefficient (Wildman–Crippen LogP) is 2.97. The highest BCUT2D eigenvalue weighted by Crippen LogP contribution is 2.48. The average molecular weight is 351 g/mol. The van der Waals surface area contributed by atoms with Gasteiger partial charge in [0.15, 0.2) is 0 Å². The third kappa shape index (κ3) is 3.16. The molecular formula is C17H23BrN2O. The van der Waals surface area contributed by atoms with E-state index in [-0.39, 0.29) is 17.2 Å². The summed E-state index contributed by atoms with van der Waals surface area (Å²) < 4.78 is 1.11. The van der Waals surface area contributed by atoms with E-state index >= 15 is 0 Å². The van der Waals surface area contributed by atoms with Crippen LogP contribution in [0, 0.1) is 11.8 Å². The van der Waals surface area contributed by atoms with Crippen molar-refractivity contribution in [3.8, 4) is 0 Å². The number of carbonyl (C=O) groups is 1. The molecule has 0 aliphatic heterocycles. The lowest BCUT2D eigenvalue weighted by Crippen LogP contribution is -2.39. The van der Waals surface area contributed by atoms with Crippen molar-refractivity contribution in [1.82, 2.24) is 5.32 Å². The topological polar surface area (TPSA) is 55.1 Å². The van der Waals surface area contributed by atoms with Gasteiger partial charge in [-0.25, -0.2) is 0 Å². The maximum atomic E-state index is 12.4. The smallest absolute Gasteiger partial charge is 0.223 e. The number of nitrogens with one attached hydrogen (secondary N) is 1. The molecule has 3 nitrogen and oxygen atoms in total.